The molecule has 138 valence electrons. The molecule has 4 unspecified atom stereocenters. The zero-order valence-corrected chi connectivity index (χ0v) is 15.6. The number of rotatable bonds is 3. The van der Waals surface area contributed by atoms with Crippen LogP contribution in [0.15, 0.2) is 0 Å². The normalized spacial score (nSPS) is 39.8. The van der Waals surface area contributed by atoms with Gasteiger partial charge in [-0.2, -0.15) is 0 Å². The first-order valence-corrected chi connectivity index (χ1v) is 10.1. The quantitative estimate of drug-likeness (QED) is 0.644. The van der Waals surface area contributed by atoms with E-state index in [0.717, 1.165) is 45.4 Å². The van der Waals surface area contributed by atoms with Crippen molar-refractivity contribution in [2.45, 2.75) is 55.0 Å². The molecule has 2 heterocycles. The Hall–Kier alpha value is -0.0700. The van der Waals surface area contributed by atoms with Crippen LogP contribution in [0.2, 0.25) is 0 Å². The van der Waals surface area contributed by atoms with E-state index < -0.39 is 6.10 Å². The minimum absolute atomic E-state index is 0.00813. The molecule has 3 rings (SSSR count). The lowest BCUT2D eigenvalue weighted by molar-refractivity contribution is -0.136. The number of hydrogen-bond donors (Lipinski definition) is 3. The monoisotopic (exact) mass is 377 g/mol. The van der Waals surface area contributed by atoms with E-state index in [9.17, 15) is 9.90 Å². The molecule has 4 N–H and O–H groups in total. The second kappa shape index (κ2) is 8.09. The lowest BCUT2D eigenvalue weighted by Crippen LogP contribution is -2.52. The van der Waals surface area contributed by atoms with Gasteiger partial charge in [0.25, 0.3) is 0 Å². The number of amides is 1. The highest BCUT2D eigenvalue weighted by Gasteiger charge is 2.41. The van der Waals surface area contributed by atoms with Crippen LogP contribution in [0.5, 0.6) is 0 Å². The summed E-state index contributed by atoms with van der Waals surface area (Å²) in [4.78, 5) is 14.5. The first-order chi connectivity index (χ1) is 11.5. The van der Waals surface area contributed by atoms with E-state index in [-0.39, 0.29) is 34.5 Å². The van der Waals surface area contributed by atoms with Crippen LogP contribution in [0, 0.1) is 17.8 Å². The standard InChI is InChI=1S/C17H29Cl2N3O2/c18-13-7-12(15(23)8-14(13)19)16(20)10-2-5-22(6-3-10)17(24)11-1-4-21-9-11/h10-16,21,23H,1-9,20H2/t11-,12?,13?,14?,15?,16+/m0/s1. The molecule has 24 heavy (non-hydrogen) atoms. The van der Waals surface area contributed by atoms with Crippen LogP contribution >= 0.6 is 23.2 Å². The molecule has 6 atom stereocenters. The van der Waals surface area contributed by atoms with Crippen LogP contribution in [0.1, 0.15) is 32.1 Å². The molecule has 3 aliphatic rings. The highest BCUT2D eigenvalue weighted by atomic mass is 35.5. The van der Waals surface area contributed by atoms with E-state index in [4.69, 9.17) is 28.9 Å². The van der Waals surface area contributed by atoms with Crippen LogP contribution in [-0.2, 0) is 4.79 Å². The Balaban J connectivity index is 1.51. The Kier molecular flexibility index (Phi) is 6.30. The third kappa shape index (κ3) is 4.01. The van der Waals surface area contributed by atoms with Crippen molar-refractivity contribution in [2.24, 2.45) is 23.5 Å². The van der Waals surface area contributed by atoms with Gasteiger partial charge in [-0.1, -0.05) is 0 Å². The van der Waals surface area contributed by atoms with E-state index in [1.807, 2.05) is 4.90 Å². The largest absolute Gasteiger partial charge is 0.393 e. The number of alkyl halides is 2. The average Bonchev–Trinajstić information content (AvgIpc) is 3.11. The van der Waals surface area contributed by atoms with Gasteiger partial charge in [0.15, 0.2) is 0 Å². The highest BCUT2D eigenvalue weighted by Crippen LogP contribution is 2.37. The topological polar surface area (TPSA) is 78.6 Å². The van der Waals surface area contributed by atoms with Crippen LogP contribution in [0.25, 0.3) is 0 Å². The predicted molar refractivity (Wildman–Crippen MR) is 96.3 cm³/mol. The number of aliphatic hydroxyl groups is 1. The molecule has 0 aromatic carbocycles. The summed E-state index contributed by atoms with van der Waals surface area (Å²) in [6, 6.07) is -0.0733. The first-order valence-electron chi connectivity index (χ1n) is 9.18. The molecule has 1 aliphatic carbocycles. The van der Waals surface area contributed by atoms with Crippen molar-refractivity contribution in [1.29, 1.82) is 0 Å². The Morgan fingerprint density at radius 1 is 1.17 bits per heavy atom. The zero-order chi connectivity index (χ0) is 17.3. The van der Waals surface area contributed by atoms with E-state index in [0.29, 0.717) is 18.8 Å². The third-order valence-corrected chi connectivity index (χ3v) is 7.24. The lowest BCUT2D eigenvalue weighted by atomic mass is 9.74. The molecule has 7 heteroatoms. The number of nitrogens with zero attached hydrogens (tertiary/aromatic N) is 1. The van der Waals surface area contributed by atoms with Crippen LogP contribution < -0.4 is 11.1 Å². The Morgan fingerprint density at radius 3 is 2.46 bits per heavy atom. The van der Waals surface area contributed by atoms with Crippen LogP contribution in [0.4, 0.5) is 0 Å². The van der Waals surface area contributed by atoms with Gasteiger partial charge in [-0.15, -0.1) is 23.2 Å². The van der Waals surface area contributed by atoms with Gasteiger partial charge in [-0.05, 0) is 44.6 Å². The molecule has 0 aromatic rings. The fourth-order valence-corrected chi connectivity index (χ4v) is 5.10. The van der Waals surface area contributed by atoms with Gasteiger partial charge < -0.3 is 21.1 Å². The molecular weight excluding hydrogens is 349 g/mol. The summed E-state index contributed by atoms with van der Waals surface area (Å²) in [5, 5.41) is 13.3. The zero-order valence-electron chi connectivity index (χ0n) is 14.0. The SMILES string of the molecule is N[C@H](C1CCN(C(=O)[C@H]2CCNC2)CC1)C1CC(Cl)C(Cl)CC1O. The molecule has 0 aromatic heterocycles. The van der Waals surface area contributed by atoms with Crippen molar-refractivity contribution < 1.29 is 9.90 Å². The van der Waals surface area contributed by atoms with E-state index >= 15 is 0 Å². The molecule has 1 saturated carbocycles. The third-order valence-electron chi connectivity index (χ3n) is 6.15. The molecule has 1 amide bonds. The first kappa shape index (κ1) is 18.7. The van der Waals surface area contributed by atoms with Crippen molar-refractivity contribution in [3.8, 4) is 0 Å². The Bertz CT molecular complexity index is 440. The fourth-order valence-electron chi connectivity index (χ4n) is 4.51. The Morgan fingerprint density at radius 2 is 1.83 bits per heavy atom. The summed E-state index contributed by atoms with van der Waals surface area (Å²) in [6.45, 7) is 3.31. The number of nitrogens with two attached hydrogens (primary N) is 1. The molecule has 0 radical (unpaired) electrons. The number of likely N-dealkylation sites (tertiary alicyclic amines) is 1. The summed E-state index contributed by atoms with van der Waals surface area (Å²) < 4.78 is 0. The molecular formula is C17H29Cl2N3O2. The van der Waals surface area contributed by atoms with Gasteiger partial charge in [0.1, 0.15) is 0 Å². The number of halogens is 2. The highest BCUT2D eigenvalue weighted by molar-refractivity contribution is 6.30. The molecule has 2 aliphatic heterocycles. The molecule has 0 bridgehead atoms. The van der Waals surface area contributed by atoms with Gasteiger partial charge in [0, 0.05) is 31.6 Å². The van der Waals surface area contributed by atoms with Crippen molar-refractivity contribution >= 4 is 29.1 Å². The number of piperidine rings is 1. The predicted octanol–water partition coefficient (Wildman–Crippen LogP) is 1.15. The minimum Gasteiger partial charge on any atom is -0.393 e. The van der Waals surface area contributed by atoms with E-state index in [2.05, 4.69) is 5.32 Å². The maximum absolute atomic E-state index is 12.5. The van der Waals surface area contributed by atoms with Crippen molar-refractivity contribution in [1.82, 2.24) is 10.2 Å². The number of nitrogens with one attached hydrogen (secondary N) is 1. The molecule has 5 nitrogen and oxygen atoms in total. The van der Waals surface area contributed by atoms with Crippen molar-refractivity contribution in [2.75, 3.05) is 26.2 Å². The second-order valence-corrected chi connectivity index (χ2v) is 8.79. The summed E-state index contributed by atoms with van der Waals surface area (Å²) >= 11 is 12.4. The molecule has 3 fully saturated rings. The number of hydrogen-bond acceptors (Lipinski definition) is 4. The molecule has 0 spiro atoms. The van der Waals surface area contributed by atoms with E-state index in [1.54, 1.807) is 0 Å². The average molecular weight is 378 g/mol. The van der Waals surface area contributed by atoms with Crippen LogP contribution in [-0.4, -0.2) is 65.0 Å². The summed E-state index contributed by atoms with van der Waals surface area (Å²) in [5.74, 6) is 0.781. The lowest BCUT2D eigenvalue weighted by Gasteiger charge is -2.42. The van der Waals surface area contributed by atoms with Crippen molar-refractivity contribution in [3.63, 3.8) is 0 Å². The van der Waals surface area contributed by atoms with Gasteiger partial charge in [0.05, 0.1) is 22.8 Å². The van der Waals surface area contributed by atoms with Crippen LogP contribution in [0.3, 0.4) is 0 Å². The number of carbonyl (C=O) groups excluding carboxylic acids is 1. The minimum atomic E-state index is -0.471. The number of aliphatic hydroxyl groups excluding tert-OH is 1. The summed E-state index contributed by atoms with van der Waals surface area (Å²) in [5.41, 5.74) is 6.49. The van der Waals surface area contributed by atoms with E-state index in [1.165, 1.54) is 0 Å². The van der Waals surface area contributed by atoms with Gasteiger partial charge in [-0.25, -0.2) is 0 Å². The smallest absolute Gasteiger partial charge is 0.227 e. The maximum Gasteiger partial charge on any atom is 0.227 e. The van der Waals surface area contributed by atoms with Gasteiger partial charge in [-0.3, -0.25) is 4.79 Å². The fraction of sp³-hybridized carbons (Fsp3) is 0.941. The maximum atomic E-state index is 12.5. The second-order valence-electron chi connectivity index (χ2n) is 7.66. The van der Waals surface area contributed by atoms with Gasteiger partial charge >= 0.3 is 0 Å². The van der Waals surface area contributed by atoms with Gasteiger partial charge in [0.2, 0.25) is 5.91 Å². The Labute approximate surface area is 154 Å². The molecule has 2 saturated heterocycles. The summed E-state index contributed by atoms with van der Waals surface area (Å²) in [6.07, 6.45) is 3.48. The number of carbonyl (C=O) groups is 1. The summed E-state index contributed by atoms with van der Waals surface area (Å²) in [7, 11) is 0. The van der Waals surface area contributed by atoms with Crippen molar-refractivity contribution in [3.05, 3.63) is 0 Å².